The molecule has 0 aromatic heterocycles. The first-order valence-electron chi connectivity index (χ1n) is 8.58. The molecule has 0 radical (unpaired) electrons. The zero-order chi connectivity index (χ0) is 16.5. The van der Waals surface area contributed by atoms with Gasteiger partial charge in [-0.1, -0.05) is 48.0 Å². The Bertz CT molecular complexity index is 740. The summed E-state index contributed by atoms with van der Waals surface area (Å²) in [6, 6.07) is 16.4. The molecule has 2 amide bonds. The zero-order valence-electron chi connectivity index (χ0n) is 13.5. The number of nitrogens with one attached hydrogen (secondary N) is 1. The van der Waals surface area contributed by atoms with Gasteiger partial charge in [0.15, 0.2) is 0 Å². The normalized spacial score (nSPS) is 18.0. The summed E-state index contributed by atoms with van der Waals surface area (Å²) in [5, 5.41) is 3.99. The minimum Gasteiger partial charge on any atom is -0.331 e. The van der Waals surface area contributed by atoms with Crippen LogP contribution in [0, 0.1) is 5.92 Å². The van der Waals surface area contributed by atoms with Crippen molar-refractivity contribution in [1.82, 2.24) is 10.2 Å². The lowest BCUT2D eigenvalue weighted by molar-refractivity contribution is 0.186. The van der Waals surface area contributed by atoms with Crippen molar-refractivity contribution in [2.24, 2.45) is 5.92 Å². The van der Waals surface area contributed by atoms with Gasteiger partial charge < -0.3 is 10.2 Å². The van der Waals surface area contributed by atoms with Crippen molar-refractivity contribution in [3.63, 3.8) is 0 Å². The summed E-state index contributed by atoms with van der Waals surface area (Å²) in [6.45, 7) is 1.47. The van der Waals surface area contributed by atoms with E-state index >= 15 is 0 Å². The minimum absolute atomic E-state index is 0.0383. The highest BCUT2D eigenvalue weighted by Gasteiger charge is 2.34. The van der Waals surface area contributed by atoms with Gasteiger partial charge in [-0.2, -0.15) is 0 Å². The summed E-state index contributed by atoms with van der Waals surface area (Å²) in [5.41, 5.74) is 3.76. The maximum atomic E-state index is 12.8. The number of carbonyl (C=O) groups is 1. The molecule has 0 bridgehead atoms. The Balaban J connectivity index is 1.47. The molecule has 1 atom stereocenters. The molecule has 2 aliphatic rings. The molecule has 1 N–H and O–H groups in total. The third-order valence-corrected chi connectivity index (χ3v) is 5.27. The molecule has 2 aromatic rings. The van der Waals surface area contributed by atoms with E-state index in [1.54, 1.807) is 0 Å². The number of nitrogens with zero attached hydrogens (tertiary/aromatic N) is 1. The van der Waals surface area contributed by atoms with Gasteiger partial charge in [-0.15, -0.1) is 0 Å². The summed E-state index contributed by atoms with van der Waals surface area (Å²) < 4.78 is 0. The summed E-state index contributed by atoms with van der Waals surface area (Å²) in [7, 11) is 0. The highest BCUT2D eigenvalue weighted by molar-refractivity contribution is 6.30. The van der Waals surface area contributed by atoms with Gasteiger partial charge in [-0.25, -0.2) is 4.79 Å². The van der Waals surface area contributed by atoms with Crippen LogP contribution in [0.5, 0.6) is 0 Å². The number of benzene rings is 2. The number of hydrogen-bond donors (Lipinski definition) is 1. The molecule has 124 valence electrons. The van der Waals surface area contributed by atoms with Crippen LogP contribution in [0.4, 0.5) is 4.79 Å². The molecule has 1 saturated carbocycles. The molecule has 4 rings (SSSR count). The van der Waals surface area contributed by atoms with E-state index in [1.807, 2.05) is 35.2 Å². The van der Waals surface area contributed by atoms with Crippen LogP contribution in [-0.4, -0.2) is 17.5 Å². The third kappa shape index (κ3) is 3.27. The Hall–Kier alpha value is -2.00. The molecule has 3 nitrogen and oxygen atoms in total. The summed E-state index contributed by atoms with van der Waals surface area (Å²) in [5.74, 6) is 0.548. The average molecular weight is 341 g/mol. The summed E-state index contributed by atoms with van der Waals surface area (Å²) >= 11 is 5.99. The Morgan fingerprint density at radius 1 is 1.08 bits per heavy atom. The Labute approximate surface area is 147 Å². The van der Waals surface area contributed by atoms with Gasteiger partial charge in [0.25, 0.3) is 0 Å². The molecule has 0 spiro atoms. The van der Waals surface area contributed by atoms with Gasteiger partial charge in [-0.3, -0.25) is 0 Å². The Morgan fingerprint density at radius 3 is 2.50 bits per heavy atom. The molecule has 1 aliphatic heterocycles. The highest BCUT2D eigenvalue weighted by atomic mass is 35.5. The van der Waals surface area contributed by atoms with Crippen molar-refractivity contribution in [1.29, 1.82) is 0 Å². The van der Waals surface area contributed by atoms with Crippen LogP contribution in [0.1, 0.15) is 35.6 Å². The summed E-state index contributed by atoms with van der Waals surface area (Å²) in [4.78, 5) is 14.7. The fraction of sp³-hybridized carbons (Fsp3) is 0.350. The Kier molecular flexibility index (Phi) is 4.19. The van der Waals surface area contributed by atoms with E-state index in [9.17, 15) is 4.79 Å². The van der Waals surface area contributed by atoms with Crippen molar-refractivity contribution < 1.29 is 4.79 Å². The SMILES string of the molecule is O=C(NC(c1ccc(Cl)cc1)C1CC1)N1CCc2ccccc2C1. The molecular formula is C20H21ClN2O. The van der Waals surface area contributed by atoms with Crippen molar-refractivity contribution in [3.8, 4) is 0 Å². The van der Waals surface area contributed by atoms with Crippen LogP contribution in [0.3, 0.4) is 0 Å². The first kappa shape index (κ1) is 15.5. The molecule has 24 heavy (non-hydrogen) atoms. The van der Waals surface area contributed by atoms with E-state index in [1.165, 1.54) is 24.0 Å². The molecule has 1 heterocycles. The number of rotatable bonds is 3. The fourth-order valence-electron chi connectivity index (χ4n) is 3.47. The zero-order valence-corrected chi connectivity index (χ0v) is 14.3. The maximum absolute atomic E-state index is 12.8. The van der Waals surface area contributed by atoms with E-state index in [0.29, 0.717) is 12.5 Å². The molecule has 0 saturated heterocycles. The molecule has 1 unspecified atom stereocenters. The first-order chi connectivity index (χ1) is 11.7. The van der Waals surface area contributed by atoms with Gasteiger partial charge >= 0.3 is 6.03 Å². The minimum atomic E-state index is 0.0383. The predicted octanol–water partition coefficient (Wildman–Crippen LogP) is 4.56. The number of fused-ring (bicyclic) bond motifs is 1. The largest absolute Gasteiger partial charge is 0.331 e. The van der Waals surface area contributed by atoms with Crippen LogP contribution in [0.2, 0.25) is 5.02 Å². The standard InChI is InChI=1S/C20H21ClN2O/c21-18-9-7-16(8-10-18)19(15-5-6-15)22-20(24)23-12-11-14-3-1-2-4-17(14)13-23/h1-4,7-10,15,19H,5-6,11-13H2,(H,22,24). The monoisotopic (exact) mass is 340 g/mol. The maximum Gasteiger partial charge on any atom is 0.318 e. The van der Waals surface area contributed by atoms with Gasteiger partial charge in [0.05, 0.1) is 6.04 Å². The second-order valence-corrected chi connectivity index (χ2v) is 7.19. The third-order valence-electron chi connectivity index (χ3n) is 5.02. The van der Waals surface area contributed by atoms with Crippen LogP contribution >= 0.6 is 11.6 Å². The van der Waals surface area contributed by atoms with Gasteiger partial charge in [0.1, 0.15) is 0 Å². The second kappa shape index (κ2) is 6.48. The quantitative estimate of drug-likeness (QED) is 0.872. The number of amides is 2. The van der Waals surface area contributed by atoms with Crippen LogP contribution in [-0.2, 0) is 13.0 Å². The first-order valence-corrected chi connectivity index (χ1v) is 8.96. The molecule has 2 aromatic carbocycles. The van der Waals surface area contributed by atoms with E-state index in [-0.39, 0.29) is 12.1 Å². The smallest absolute Gasteiger partial charge is 0.318 e. The van der Waals surface area contributed by atoms with Gasteiger partial charge in [-0.05, 0) is 54.0 Å². The van der Waals surface area contributed by atoms with E-state index < -0.39 is 0 Å². The van der Waals surface area contributed by atoms with Crippen LogP contribution in [0.15, 0.2) is 48.5 Å². The lowest BCUT2D eigenvalue weighted by atomic mass is 10.00. The topological polar surface area (TPSA) is 32.3 Å². The van der Waals surface area contributed by atoms with E-state index in [4.69, 9.17) is 11.6 Å². The Morgan fingerprint density at radius 2 is 1.79 bits per heavy atom. The molecule has 1 fully saturated rings. The number of halogens is 1. The lowest BCUT2D eigenvalue weighted by Gasteiger charge is -2.31. The van der Waals surface area contributed by atoms with Crippen LogP contribution < -0.4 is 5.32 Å². The van der Waals surface area contributed by atoms with E-state index in [2.05, 4.69) is 23.5 Å². The summed E-state index contributed by atoms with van der Waals surface area (Å²) in [6.07, 6.45) is 3.28. The van der Waals surface area contributed by atoms with Crippen molar-refractivity contribution in [3.05, 3.63) is 70.2 Å². The molecule has 4 heteroatoms. The number of hydrogen-bond acceptors (Lipinski definition) is 1. The highest BCUT2D eigenvalue weighted by Crippen LogP contribution is 2.41. The van der Waals surface area contributed by atoms with Gasteiger partial charge in [0.2, 0.25) is 0 Å². The van der Waals surface area contributed by atoms with Crippen molar-refractivity contribution in [2.75, 3.05) is 6.54 Å². The van der Waals surface area contributed by atoms with Crippen molar-refractivity contribution >= 4 is 17.6 Å². The number of carbonyl (C=O) groups excluding carboxylic acids is 1. The fourth-order valence-corrected chi connectivity index (χ4v) is 3.59. The van der Waals surface area contributed by atoms with Crippen molar-refractivity contribution in [2.45, 2.75) is 31.8 Å². The predicted molar refractivity (Wildman–Crippen MR) is 96.0 cm³/mol. The molecule has 1 aliphatic carbocycles. The second-order valence-electron chi connectivity index (χ2n) is 6.76. The van der Waals surface area contributed by atoms with Crippen LogP contribution in [0.25, 0.3) is 0 Å². The average Bonchev–Trinajstić information content (AvgIpc) is 3.45. The van der Waals surface area contributed by atoms with Gasteiger partial charge in [0, 0.05) is 18.1 Å². The molecular weight excluding hydrogens is 320 g/mol. The van der Waals surface area contributed by atoms with E-state index in [0.717, 1.165) is 23.6 Å². The number of urea groups is 1. The lowest BCUT2D eigenvalue weighted by Crippen LogP contribution is -2.44.